The maximum absolute atomic E-state index is 12.0. The fraction of sp³-hybridized carbons (Fsp3) is 0.412. The molecule has 0 spiro atoms. The van der Waals surface area contributed by atoms with Crippen LogP contribution in [0.1, 0.15) is 32.0 Å². The van der Waals surface area contributed by atoms with Gasteiger partial charge in [0.05, 0.1) is 6.42 Å². The zero-order valence-electron chi connectivity index (χ0n) is 13.4. The van der Waals surface area contributed by atoms with Gasteiger partial charge in [0.25, 0.3) is 5.91 Å². The number of amides is 1. The number of hydrogen-bond donors (Lipinski definition) is 2. The average molecular weight is 302 g/mol. The van der Waals surface area contributed by atoms with Crippen molar-refractivity contribution in [2.45, 2.75) is 39.7 Å². The number of aromatic amines is 1. The molecule has 0 saturated carbocycles. The SMILES string of the molecule is Cc1[nH]c2ccccc2c1CC(=O)OCC(=O)NC(C)(C)C. The number of H-pyrrole nitrogens is 1. The van der Waals surface area contributed by atoms with Crippen LogP contribution in [0, 0.1) is 6.92 Å². The molecule has 0 radical (unpaired) electrons. The summed E-state index contributed by atoms with van der Waals surface area (Å²) in [5.41, 5.74) is 2.51. The fourth-order valence-electron chi connectivity index (χ4n) is 2.36. The first kappa shape index (κ1) is 16.1. The zero-order chi connectivity index (χ0) is 16.3. The van der Waals surface area contributed by atoms with Gasteiger partial charge in [-0.3, -0.25) is 9.59 Å². The zero-order valence-corrected chi connectivity index (χ0v) is 13.4. The molecule has 1 heterocycles. The van der Waals surface area contributed by atoms with E-state index in [0.29, 0.717) is 0 Å². The van der Waals surface area contributed by atoms with Crippen LogP contribution in [0.5, 0.6) is 0 Å². The number of benzene rings is 1. The Morgan fingerprint density at radius 3 is 2.59 bits per heavy atom. The highest BCUT2D eigenvalue weighted by Gasteiger charge is 2.17. The Balaban J connectivity index is 1.97. The molecule has 1 amide bonds. The van der Waals surface area contributed by atoms with Crippen molar-refractivity contribution in [1.82, 2.24) is 10.3 Å². The third-order valence-electron chi connectivity index (χ3n) is 3.23. The van der Waals surface area contributed by atoms with Crippen LogP contribution in [-0.2, 0) is 20.7 Å². The van der Waals surface area contributed by atoms with E-state index in [4.69, 9.17) is 4.74 Å². The minimum absolute atomic E-state index is 0.151. The summed E-state index contributed by atoms with van der Waals surface area (Å²) in [6.45, 7) is 7.30. The van der Waals surface area contributed by atoms with Crippen molar-refractivity contribution in [2.75, 3.05) is 6.61 Å². The highest BCUT2D eigenvalue weighted by Crippen LogP contribution is 2.22. The van der Waals surface area contributed by atoms with Gasteiger partial charge >= 0.3 is 5.97 Å². The first-order valence-corrected chi connectivity index (χ1v) is 7.29. The minimum atomic E-state index is -0.406. The highest BCUT2D eigenvalue weighted by molar-refractivity contribution is 5.89. The summed E-state index contributed by atoms with van der Waals surface area (Å²) in [5.74, 6) is -0.701. The third kappa shape index (κ3) is 4.10. The Hall–Kier alpha value is -2.30. The van der Waals surface area contributed by atoms with E-state index >= 15 is 0 Å². The molecule has 2 rings (SSSR count). The Morgan fingerprint density at radius 2 is 1.91 bits per heavy atom. The number of fused-ring (bicyclic) bond motifs is 1. The van der Waals surface area contributed by atoms with Crippen LogP contribution in [0.25, 0.3) is 10.9 Å². The molecule has 0 aliphatic carbocycles. The Kier molecular flexibility index (Phi) is 4.54. The standard InChI is InChI=1S/C17H22N2O3/c1-11-13(12-7-5-6-8-14(12)18-11)9-16(21)22-10-15(20)19-17(2,3)4/h5-8,18H,9-10H2,1-4H3,(H,19,20). The van der Waals surface area contributed by atoms with Crippen molar-refractivity contribution in [1.29, 1.82) is 0 Å². The first-order valence-electron chi connectivity index (χ1n) is 7.29. The lowest BCUT2D eigenvalue weighted by molar-refractivity contribution is -0.148. The Morgan fingerprint density at radius 1 is 1.23 bits per heavy atom. The molecule has 0 aliphatic heterocycles. The van der Waals surface area contributed by atoms with Crippen LogP contribution in [0.3, 0.4) is 0 Å². The summed E-state index contributed by atoms with van der Waals surface area (Å²) in [5, 5.41) is 3.76. The number of nitrogens with one attached hydrogen (secondary N) is 2. The van der Waals surface area contributed by atoms with E-state index in [2.05, 4.69) is 10.3 Å². The van der Waals surface area contributed by atoms with E-state index in [1.807, 2.05) is 52.0 Å². The number of aromatic nitrogens is 1. The number of carbonyl (C=O) groups is 2. The largest absolute Gasteiger partial charge is 0.455 e. The number of para-hydroxylation sites is 1. The molecule has 1 aromatic carbocycles. The quantitative estimate of drug-likeness (QED) is 0.852. The second kappa shape index (κ2) is 6.22. The lowest BCUT2D eigenvalue weighted by atomic mass is 10.1. The molecule has 5 nitrogen and oxygen atoms in total. The second-order valence-electron chi connectivity index (χ2n) is 6.41. The molecule has 118 valence electrons. The number of ether oxygens (including phenoxy) is 1. The summed E-state index contributed by atoms with van der Waals surface area (Å²) in [6, 6.07) is 7.81. The van der Waals surface area contributed by atoms with Crippen LogP contribution < -0.4 is 5.32 Å². The summed E-state index contributed by atoms with van der Waals surface area (Å²) >= 11 is 0. The average Bonchev–Trinajstić information content (AvgIpc) is 2.71. The van der Waals surface area contributed by atoms with Crippen molar-refractivity contribution >= 4 is 22.8 Å². The second-order valence-corrected chi connectivity index (χ2v) is 6.41. The maximum atomic E-state index is 12.0. The van der Waals surface area contributed by atoms with Gasteiger partial charge in [-0.25, -0.2) is 0 Å². The molecule has 0 bridgehead atoms. The minimum Gasteiger partial charge on any atom is -0.455 e. The van der Waals surface area contributed by atoms with Crippen molar-refractivity contribution in [3.63, 3.8) is 0 Å². The van der Waals surface area contributed by atoms with Crippen LogP contribution >= 0.6 is 0 Å². The first-order chi connectivity index (χ1) is 10.3. The lowest BCUT2D eigenvalue weighted by Gasteiger charge is -2.20. The Labute approximate surface area is 130 Å². The molecule has 1 aromatic heterocycles. The fourth-order valence-corrected chi connectivity index (χ4v) is 2.36. The molecular weight excluding hydrogens is 280 g/mol. The van der Waals surface area contributed by atoms with Crippen LogP contribution in [-0.4, -0.2) is 29.0 Å². The van der Waals surface area contributed by atoms with Gasteiger partial charge in [-0.15, -0.1) is 0 Å². The highest BCUT2D eigenvalue weighted by atomic mass is 16.5. The van der Waals surface area contributed by atoms with Crippen LogP contribution in [0.4, 0.5) is 0 Å². The molecule has 2 N–H and O–H groups in total. The van der Waals surface area contributed by atoms with Crippen molar-refractivity contribution in [3.05, 3.63) is 35.5 Å². The van der Waals surface area contributed by atoms with E-state index < -0.39 is 5.97 Å². The number of aryl methyl sites for hydroxylation is 1. The van der Waals surface area contributed by atoms with Gasteiger partial charge in [-0.2, -0.15) is 0 Å². The number of hydrogen-bond acceptors (Lipinski definition) is 3. The van der Waals surface area contributed by atoms with Gasteiger partial charge in [0.15, 0.2) is 6.61 Å². The van der Waals surface area contributed by atoms with E-state index in [1.54, 1.807) is 0 Å². The molecule has 2 aromatic rings. The molecule has 0 aliphatic rings. The molecule has 22 heavy (non-hydrogen) atoms. The van der Waals surface area contributed by atoms with Gasteiger partial charge in [-0.1, -0.05) is 18.2 Å². The van der Waals surface area contributed by atoms with Gasteiger partial charge in [0, 0.05) is 22.1 Å². The molecule has 5 heteroatoms. The lowest BCUT2D eigenvalue weighted by Crippen LogP contribution is -2.42. The predicted molar refractivity (Wildman–Crippen MR) is 85.6 cm³/mol. The van der Waals surface area contributed by atoms with E-state index in [1.165, 1.54) is 0 Å². The van der Waals surface area contributed by atoms with E-state index in [9.17, 15) is 9.59 Å². The van der Waals surface area contributed by atoms with E-state index in [-0.39, 0.29) is 24.5 Å². The van der Waals surface area contributed by atoms with E-state index in [0.717, 1.165) is 22.2 Å². The summed E-state index contributed by atoms with van der Waals surface area (Å²) < 4.78 is 5.06. The maximum Gasteiger partial charge on any atom is 0.310 e. The molecule has 0 fully saturated rings. The van der Waals surface area contributed by atoms with Gasteiger partial charge in [0.2, 0.25) is 0 Å². The smallest absolute Gasteiger partial charge is 0.310 e. The van der Waals surface area contributed by atoms with Crippen LogP contribution in [0.15, 0.2) is 24.3 Å². The number of esters is 1. The number of rotatable bonds is 4. The monoisotopic (exact) mass is 302 g/mol. The molecule has 0 atom stereocenters. The van der Waals surface area contributed by atoms with Crippen LogP contribution in [0.2, 0.25) is 0 Å². The predicted octanol–water partition coefficient (Wildman–Crippen LogP) is 2.48. The van der Waals surface area contributed by atoms with Crippen molar-refractivity contribution < 1.29 is 14.3 Å². The molecule has 0 unspecified atom stereocenters. The topological polar surface area (TPSA) is 71.2 Å². The van der Waals surface area contributed by atoms with Gasteiger partial charge in [-0.05, 0) is 39.3 Å². The third-order valence-corrected chi connectivity index (χ3v) is 3.23. The Bertz CT molecular complexity index is 695. The number of carbonyl (C=O) groups excluding carboxylic acids is 2. The summed E-state index contributed by atoms with van der Waals surface area (Å²) in [6.07, 6.45) is 0.151. The summed E-state index contributed by atoms with van der Waals surface area (Å²) in [4.78, 5) is 26.9. The molecule has 0 saturated heterocycles. The van der Waals surface area contributed by atoms with Gasteiger partial charge in [0.1, 0.15) is 0 Å². The summed E-state index contributed by atoms with van der Waals surface area (Å²) in [7, 11) is 0. The van der Waals surface area contributed by atoms with Crippen molar-refractivity contribution in [2.24, 2.45) is 0 Å². The normalized spacial score (nSPS) is 11.5. The van der Waals surface area contributed by atoms with Crippen molar-refractivity contribution in [3.8, 4) is 0 Å². The molecular formula is C17H22N2O3. The van der Waals surface area contributed by atoms with Gasteiger partial charge < -0.3 is 15.0 Å².